The maximum Gasteiger partial charge on any atom is 0.240 e. The zero-order chi connectivity index (χ0) is 10.8. The van der Waals surface area contributed by atoms with E-state index in [2.05, 4.69) is 0 Å². The number of likely N-dealkylation sites (N-methyl/N-ethyl adjacent to an activating group) is 1. The number of aliphatic hydroxyl groups is 1. The van der Waals surface area contributed by atoms with Crippen molar-refractivity contribution in [2.75, 3.05) is 13.6 Å². The fraction of sp³-hybridized carbons (Fsp3) is 0.900. The molecule has 0 spiro atoms. The van der Waals surface area contributed by atoms with E-state index in [1.165, 1.54) is 4.90 Å². The molecule has 0 heterocycles. The number of nitrogens with zero attached hydrogens (tertiary/aromatic N) is 1. The normalized spacial score (nSPS) is 22.0. The Morgan fingerprint density at radius 2 is 2.07 bits per heavy atom. The quantitative estimate of drug-likeness (QED) is 0.729. The van der Waals surface area contributed by atoms with Gasteiger partial charge >= 0.3 is 0 Å². The monoisotopic (exact) mass is 219 g/mol. The summed E-state index contributed by atoms with van der Waals surface area (Å²) in [5.41, 5.74) is -0.670. The second-order valence-corrected chi connectivity index (χ2v) is 4.90. The Bertz CT molecular complexity index is 212. The fourth-order valence-electron chi connectivity index (χ4n) is 2.01. The van der Waals surface area contributed by atoms with Gasteiger partial charge in [-0.25, -0.2) is 0 Å². The lowest BCUT2D eigenvalue weighted by molar-refractivity contribution is -0.132. The molecule has 0 aromatic heterocycles. The van der Waals surface area contributed by atoms with Gasteiger partial charge in [0.2, 0.25) is 5.91 Å². The fourth-order valence-corrected chi connectivity index (χ4v) is 2.18. The third-order valence-corrected chi connectivity index (χ3v) is 2.97. The lowest BCUT2D eigenvalue weighted by Gasteiger charge is -2.29. The van der Waals surface area contributed by atoms with Gasteiger partial charge < -0.3 is 10.0 Å². The highest BCUT2D eigenvalue weighted by Gasteiger charge is 2.33. The van der Waals surface area contributed by atoms with E-state index >= 15 is 0 Å². The summed E-state index contributed by atoms with van der Waals surface area (Å²) in [5.74, 6) is -0.119. The molecule has 1 rings (SSSR count). The molecule has 1 aliphatic carbocycles. The Morgan fingerprint density at radius 1 is 1.57 bits per heavy atom. The van der Waals surface area contributed by atoms with Crippen molar-refractivity contribution < 1.29 is 9.90 Å². The van der Waals surface area contributed by atoms with E-state index in [1.54, 1.807) is 14.0 Å². The molecule has 1 amide bonds. The molecule has 3 nitrogen and oxygen atoms in total. The summed E-state index contributed by atoms with van der Waals surface area (Å²) >= 11 is 5.68. The van der Waals surface area contributed by atoms with Crippen molar-refractivity contribution in [2.45, 2.75) is 43.6 Å². The van der Waals surface area contributed by atoms with E-state index in [0.717, 1.165) is 25.7 Å². The van der Waals surface area contributed by atoms with Crippen LogP contribution in [0.15, 0.2) is 0 Å². The van der Waals surface area contributed by atoms with Crippen molar-refractivity contribution in [3.8, 4) is 0 Å². The van der Waals surface area contributed by atoms with E-state index < -0.39 is 11.0 Å². The summed E-state index contributed by atoms with van der Waals surface area (Å²) in [4.78, 5) is 13.0. The Labute approximate surface area is 90.0 Å². The average Bonchev–Trinajstić information content (AvgIpc) is 2.50. The maximum absolute atomic E-state index is 11.5. The first kappa shape index (κ1) is 11.8. The first-order chi connectivity index (χ1) is 6.44. The van der Waals surface area contributed by atoms with Crippen LogP contribution < -0.4 is 0 Å². The number of carbonyl (C=O) groups is 1. The van der Waals surface area contributed by atoms with E-state index in [9.17, 15) is 9.90 Å². The highest BCUT2D eigenvalue weighted by molar-refractivity contribution is 6.30. The highest BCUT2D eigenvalue weighted by atomic mass is 35.5. The molecule has 0 bridgehead atoms. The van der Waals surface area contributed by atoms with Crippen LogP contribution in [0.3, 0.4) is 0 Å². The van der Waals surface area contributed by atoms with E-state index in [-0.39, 0.29) is 5.91 Å². The van der Waals surface area contributed by atoms with Gasteiger partial charge in [0.05, 0.1) is 5.60 Å². The molecule has 82 valence electrons. The van der Waals surface area contributed by atoms with Gasteiger partial charge in [-0.05, 0) is 19.8 Å². The van der Waals surface area contributed by atoms with E-state index in [4.69, 9.17) is 11.6 Å². The van der Waals surface area contributed by atoms with Crippen LogP contribution in [0, 0.1) is 0 Å². The molecular formula is C10H18ClNO2. The van der Waals surface area contributed by atoms with Gasteiger partial charge in [0.1, 0.15) is 5.38 Å². The summed E-state index contributed by atoms with van der Waals surface area (Å²) in [5, 5.41) is 9.55. The molecule has 1 atom stereocenters. The minimum absolute atomic E-state index is 0.119. The van der Waals surface area contributed by atoms with Gasteiger partial charge in [0.15, 0.2) is 0 Å². The number of rotatable bonds is 3. The third kappa shape index (κ3) is 2.85. The van der Waals surface area contributed by atoms with Crippen molar-refractivity contribution in [2.24, 2.45) is 0 Å². The Morgan fingerprint density at radius 3 is 2.50 bits per heavy atom. The number of carbonyl (C=O) groups excluding carboxylic acids is 1. The number of halogens is 1. The van der Waals surface area contributed by atoms with Gasteiger partial charge in [0.25, 0.3) is 0 Å². The van der Waals surface area contributed by atoms with Crippen molar-refractivity contribution >= 4 is 17.5 Å². The third-order valence-electron chi connectivity index (χ3n) is 2.78. The number of hydrogen-bond acceptors (Lipinski definition) is 2. The number of hydrogen-bond donors (Lipinski definition) is 1. The molecular weight excluding hydrogens is 202 g/mol. The SMILES string of the molecule is CC(Cl)C(=O)N(C)CC1(O)CCCC1. The second-order valence-electron chi connectivity index (χ2n) is 4.24. The second kappa shape index (κ2) is 4.49. The summed E-state index contributed by atoms with van der Waals surface area (Å²) in [6.45, 7) is 2.06. The first-order valence-corrected chi connectivity index (χ1v) is 5.50. The minimum atomic E-state index is -0.670. The van der Waals surface area contributed by atoms with Crippen molar-refractivity contribution in [1.82, 2.24) is 4.90 Å². The van der Waals surface area contributed by atoms with E-state index in [1.807, 2.05) is 0 Å². The molecule has 0 aliphatic heterocycles. The number of alkyl halides is 1. The van der Waals surface area contributed by atoms with Gasteiger partial charge in [0, 0.05) is 13.6 Å². The maximum atomic E-state index is 11.5. The smallest absolute Gasteiger partial charge is 0.240 e. The number of amides is 1. The van der Waals surface area contributed by atoms with Gasteiger partial charge in [-0.1, -0.05) is 12.8 Å². The average molecular weight is 220 g/mol. The largest absolute Gasteiger partial charge is 0.388 e. The van der Waals surface area contributed by atoms with Crippen LogP contribution in [-0.4, -0.2) is 40.5 Å². The van der Waals surface area contributed by atoms with Gasteiger partial charge in [-0.2, -0.15) is 0 Å². The van der Waals surface area contributed by atoms with Crippen LogP contribution in [0.2, 0.25) is 0 Å². The summed E-state index contributed by atoms with van der Waals surface area (Å²) < 4.78 is 0. The lowest BCUT2D eigenvalue weighted by Crippen LogP contribution is -2.44. The Kier molecular flexibility index (Phi) is 3.78. The van der Waals surface area contributed by atoms with Crippen LogP contribution in [0.4, 0.5) is 0 Å². The van der Waals surface area contributed by atoms with Crippen LogP contribution in [0.5, 0.6) is 0 Å². The molecule has 0 aromatic rings. The molecule has 1 N–H and O–H groups in total. The predicted molar refractivity (Wildman–Crippen MR) is 56.4 cm³/mol. The summed E-state index contributed by atoms with van der Waals surface area (Å²) in [7, 11) is 1.69. The molecule has 1 unspecified atom stereocenters. The molecule has 0 saturated heterocycles. The van der Waals surface area contributed by atoms with Gasteiger partial charge in [-0.15, -0.1) is 11.6 Å². The molecule has 0 aromatic carbocycles. The zero-order valence-electron chi connectivity index (χ0n) is 8.79. The van der Waals surface area contributed by atoms with Crippen molar-refractivity contribution in [3.05, 3.63) is 0 Å². The zero-order valence-corrected chi connectivity index (χ0v) is 9.55. The Hall–Kier alpha value is -0.280. The molecule has 1 aliphatic rings. The predicted octanol–water partition coefficient (Wildman–Crippen LogP) is 1.38. The summed E-state index contributed by atoms with van der Waals surface area (Å²) in [6.07, 6.45) is 3.69. The van der Waals surface area contributed by atoms with Crippen LogP contribution in [0.25, 0.3) is 0 Å². The van der Waals surface area contributed by atoms with Crippen molar-refractivity contribution in [1.29, 1.82) is 0 Å². The minimum Gasteiger partial charge on any atom is -0.388 e. The summed E-state index contributed by atoms with van der Waals surface area (Å²) in [6, 6.07) is 0. The standard InChI is InChI=1S/C10H18ClNO2/c1-8(11)9(13)12(2)7-10(14)5-3-4-6-10/h8,14H,3-7H2,1-2H3. The van der Waals surface area contributed by atoms with Crippen LogP contribution in [-0.2, 0) is 4.79 Å². The molecule has 1 fully saturated rings. The highest BCUT2D eigenvalue weighted by Crippen LogP contribution is 2.30. The molecule has 0 radical (unpaired) electrons. The van der Waals surface area contributed by atoms with Crippen molar-refractivity contribution in [3.63, 3.8) is 0 Å². The molecule has 1 saturated carbocycles. The lowest BCUT2D eigenvalue weighted by atomic mass is 10.0. The molecule has 14 heavy (non-hydrogen) atoms. The van der Waals surface area contributed by atoms with Gasteiger partial charge in [-0.3, -0.25) is 4.79 Å². The Balaban J connectivity index is 2.47. The first-order valence-electron chi connectivity index (χ1n) is 5.06. The topological polar surface area (TPSA) is 40.5 Å². The van der Waals surface area contributed by atoms with E-state index in [0.29, 0.717) is 6.54 Å². The molecule has 4 heteroatoms. The van der Waals surface area contributed by atoms with Crippen LogP contribution in [0.1, 0.15) is 32.6 Å². The van der Waals surface area contributed by atoms with Crippen LogP contribution >= 0.6 is 11.6 Å².